The number of hydrogen-bond donors (Lipinski definition) is 1. The molecule has 4 rings (SSSR count). The molecule has 3 aliphatic rings. The molecule has 1 aromatic carbocycles. The molecule has 0 aromatic heterocycles. The molecule has 2 saturated heterocycles. The molecule has 2 aliphatic heterocycles. The van der Waals surface area contributed by atoms with Gasteiger partial charge in [-0.25, -0.2) is 17.2 Å². The van der Waals surface area contributed by atoms with Crippen LogP contribution >= 0.6 is 12.4 Å². The Kier molecular flexibility index (Phi) is 8.14. The lowest BCUT2D eigenvalue weighted by atomic mass is 9.89. The first kappa shape index (κ1) is 25.3. The van der Waals surface area contributed by atoms with Crippen LogP contribution in [0.15, 0.2) is 18.2 Å². The van der Waals surface area contributed by atoms with E-state index < -0.39 is 38.7 Å². The van der Waals surface area contributed by atoms with Gasteiger partial charge in [-0.05, 0) is 43.7 Å². The van der Waals surface area contributed by atoms with Gasteiger partial charge in [0.15, 0.2) is 0 Å². The zero-order chi connectivity index (χ0) is 22.1. The van der Waals surface area contributed by atoms with Gasteiger partial charge in [0, 0.05) is 39.3 Å². The molecule has 0 radical (unpaired) electrons. The molecule has 3 fully saturated rings. The maximum absolute atomic E-state index is 14.0. The predicted molar refractivity (Wildman–Crippen MR) is 118 cm³/mol. The molecule has 11 heteroatoms. The lowest BCUT2D eigenvalue weighted by Gasteiger charge is -2.49. The van der Waals surface area contributed by atoms with Crippen molar-refractivity contribution in [1.29, 1.82) is 0 Å². The summed E-state index contributed by atoms with van der Waals surface area (Å²) in [6.07, 6.45) is 3.52. The summed E-state index contributed by atoms with van der Waals surface area (Å²) in [6, 6.07) is 3.33. The molecule has 1 amide bonds. The average molecular weight is 494 g/mol. The molecule has 0 bridgehead atoms. The van der Waals surface area contributed by atoms with Crippen molar-refractivity contribution in [3.63, 3.8) is 0 Å². The molecule has 1 unspecified atom stereocenters. The van der Waals surface area contributed by atoms with Gasteiger partial charge in [0.05, 0.1) is 17.9 Å². The maximum Gasteiger partial charge on any atom is 0.257 e. The first-order valence-corrected chi connectivity index (χ1v) is 12.4. The smallest absolute Gasteiger partial charge is 0.257 e. The zero-order valence-electron chi connectivity index (χ0n) is 17.9. The minimum Gasteiger partial charge on any atom is -0.379 e. The van der Waals surface area contributed by atoms with E-state index >= 15 is 0 Å². The summed E-state index contributed by atoms with van der Waals surface area (Å²) in [7, 11) is -3.24. The van der Waals surface area contributed by atoms with Crippen molar-refractivity contribution in [2.75, 3.05) is 51.7 Å². The second kappa shape index (κ2) is 10.3. The number of sulfonamides is 1. The van der Waals surface area contributed by atoms with Gasteiger partial charge in [-0.3, -0.25) is 9.69 Å². The van der Waals surface area contributed by atoms with Gasteiger partial charge in [-0.1, -0.05) is 6.07 Å². The van der Waals surface area contributed by atoms with Crippen LogP contribution in [0.5, 0.6) is 0 Å². The molecule has 180 valence electrons. The van der Waals surface area contributed by atoms with Crippen molar-refractivity contribution in [2.45, 2.75) is 31.2 Å². The number of nitrogens with one attached hydrogen (secondary N) is 1. The Morgan fingerprint density at radius 2 is 1.81 bits per heavy atom. The minimum absolute atomic E-state index is 0. The average Bonchev–Trinajstić information content (AvgIpc) is 3.56. The van der Waals surface area contributed by atoms with Gasteiger partial charge in [0.1, 0.15) is 17.2 Å². The van der Waals surface area contributed by atoms with E-state index in [4.69, 9.17) is 4.74 Å². The number of carbonyl (C=O) groups excluding carboxylic acids is 1. The lowest BCUT2D eigenvalue weighted by Crippen LogP contribution is -2.64. The van der Waals surface area contributed by atoms with Gasteiger partial charge < -0.3 is 10.1 Å². The van der Waals surface area contributed by atoms with E-state index in [1.807, 2.05) is 0 Å². The molecule has 7 nitrogen and oxygen atoms in total. The van der Waals surface area contributed by atoms with E-state index in [9.17, 15) is 22.0 Å². The summed E-state index contributed by atoms with van der Waals surface area (Å²) in [5.41, 5.74) is -1.12. The highest BCUT2D eigenvalue weighted by Crippen LogP contribution is 2.32. The van der Waals surface area contributed by atoms with Crippen molar-refractivity contribution < 1.29 is 26.7 Å². The number of ether oxygens (including phenoxy) is 1. The van der Waals surface area contributed by atoms with Crippen molar-refractivity contribution in [2.24, 2.45) is 5.92 Å². The van der Waals surface area contributed by atoms with E-state index in [1.54, 1.807) is 4.31 Å². The standard InChI is InChI=1S/C21H29F2N3O4S.ClH/c22-17-3-1-4-18(23)19(17)20(27)24-14-21(7-2-12-30-15-21)25-8-10-26(11-9-25)31(28,29)13-16-5-6-16;/h1,3-4,16H,2,5-15H2,(H,24,27);1H. The molecule has 1 aliphatic carbocycles. The van der Waals surface area contributed by atoms with E-state index in [0.717, 1.165) is 37.8 Å². The number of amides is 1. The molecule has 1 N–H and O–H groups in total. The van der Waals surface area contributed by atoms with Gasteiger partial charge in [-0.15, -0.1) is 12.4 Å². The topological polar surface area (TPSA) is 79.0 Å². The predicted octanol–water partition coefficient (Wildman–Crippen LogP) is 2.02. The second-order valence-corrected chi connectivity index (χ2v) is 10.8. The van der Waals surface area contributed by atoms with Crippen LogP contribution in [-0.2, 0) is 14.8 Å². The first-order valence-electron chi connectivity index (χ1n) is 10.8. The highest BCUT2D eigenvalue weighted by molar-refractivity contribution is 7.89. The number of piperazine rings is 1. The maximum atomic E-state index is 14.0. The van der Waals surface area contributed by atoms with Crippen molar-refractivity contribution in [3.05, 3.63) is 35.4 Å². The molecular weight excluding hydrogens is 464 g/mol. The quantitative estimate of drug-likeness (QED) is 0.628. The van der Waals surface area contributed by atoms with Crippen LogP contribution in [0.25, 0.3) is 0 Å². The van der Waals surface area contributed by atoms with E-state index in [-0.39, 0.29) is 24.7 Å². The van der Waals surface area contributed by atoms with Crippen LogP contribution in [0.2, 0.25) is 0 Å². The third kappa shape index (κ3) is 5.59. The summed E-state index contributed by atoms with van der Waals surface area (Å²) in [6.45, 7) is 3.01. The third-order valence-electron chi connectivity index (χ3n) is 6.52. The molecule has 32 heavy (non-hydrogen) atoms. The fourth-order valence-electron chi connectivity index (χ4n) is 4.51. The number of rotatable bonds is 7. The Labute approximate surface area is 193 Å². The Morgan fingerprint density at radius 3 is 2.38 bits per heavy atom. The highest BCUT2D eigenvalue weighted by atomic mass is 35.5. The Balaban J connectivity index is 0.00000289. The Bertz CT molecular complexity index is 895. The van der Waals surface area contributed by atoms with Crippen molar-refractivity contribution >= 4 is 28.3 Å². The largest absolute Gasteiger partial charge is 0.379 e. The van der Waals surface area contributed by atoms with Gasteiger partial charge in [0.2, 0.25) is 10.0 Å². The van der Waals surface area contributed by atoms with Crippen LogP contribution in [0.4, 0.5) is 8.78 Å². The second-order valence-electron chi connectivity index (χ2n) is 8.77. The number of nitrogens with zero attached hydrogens (tertiary/aromatic N) is 2. The van der Waals surface area contributed by atoms with Crippen LogP contribution < -0.4 is 5.32 Å². The summed E-state index contributed by atoms with van der Waals surface area (Å²) in [4.78, 5) is 14.7. The van der Waals surface area contributed by atoms with Crippen LogP contribution in [-0.4, -0.2) is 80.8 Å². The van der Waals surface area contributed by atoms with Gasteiger partial charge >= 0.3 is 0 Å². The van der Waals surface area contributed by atoms with E-state index in [1.165, 1.54) is 6.07 Å². The molecular formula is C21H30ClF2N3O4S. The normalized spacial score (nSPS) is 25.2. The monoisotopic (exact) mass is 493 g/mol. The Morgan fingerprint density at radius 1 is 1.16 bits per heavy atom. The van der Waals surface area contributed by atoms with E-state index in [0.29, 0.717) is 45.3 Å². The summed E-state index contributed by atoms with van der Waals surface area (Å²) < 4.78 is 60.4. The molecule has 0 spiro atoms. The lowest BCUT2D eigenvalue weighted by molar-refractivity contribution is -0.0578. The molecule has 1 atom stereocenters. The van der Waals surface area contributed by atoms with Gasteiger partial charge in [0.25, 0.3) is 5.91 Å². The number of hydrogen-bond acceptors (Lipinski definition) is 5. The van der Waals surface area contributed by atoms with E-state index in [2.05, 4.69) is 10.2 Å². The highest BCUT2D eigenvalue weighted by Gasteiger charge is 2.42. The first-order chi connectivity index (χ1) is 14.8. The number of benzene rings is 1. The third-order valence-corrected chi connectivity index (χ3v) is 8.56. The Hall–Kier alpha value is -1.33. The summed E-state index contributed by atoms with van der Waals surface area (Å²) >= 11 is 0. The minimum atomic E-state index is -3.24. The fraction of sp³-hybridized carbons (Fsp3) is 0.667. The molecule has 2 heterocycles. The van der Waals surface area contributed by atoms with Crippen molar-refractivity contribution in [1.82, 2.24) is 14.5 Å². The SMILES string of the molecule is Cl.O=C(NCC1(N2CCN(S(=O)(=O)CC3CC3)CC2)CCCOC1)c1c(F)cccc1F. The zero-order valence-corrected chi connectivity index (χ0v) is 19.5. The molecule has 1 saturated carbocycles. The summed E-state index contributed by atoms with van der Waals surface area (Å²) in [5, 5.41) is 2.69. The summed E-state index contributed by atoms with van der Waals surface area (Å²) in [5.74, 6) is -2.07. The fourth-order valence-corrected chi connectivity index (χ4v) is 6.37. The van der Waals surface area contributed by atoms with Crippen molar-refractivity contribution in [3.8, 4) is 0 Å². The number of halogens is 3. The number of carbonyl (C=O) groups is 1. The molecule has 1 aromatic rings. The van der Waals surface area contributed by atoms with Crippen LogP contribution in [0.3, 0.4) is 0 Å². The van der Waals surface area contributed by atoms with Crippen LogP contribution in [0, 0.1) is 17.6 Å². The van der Waals surface area contributed by atoms with Crippen LogP contribution in [0.1, 0.15) is 36.0 Å². The van der Waals surface area contributed by atoms with Gasteiger partial charge in [-0.2, -0.15) is 4.31 Å².